The summed E-state index contributed by atoms with van der Waals surface area (Å²) < 4.78 is 0. The normalized spacial score (nSPS) is 11.1. The smallest absolute Gasteiger partial charge is 0.276 e. The highest BCUT2D eigenvalue weighted by Crippen LogP contribution is 2.29. The van der Waals surface area contributed by atoms with Gasteiger partial charge in [0.05, 0.1) is 0 Å². The number of thiophene rings is 1. The molecule has 8 heteroatoms. The summed E-state index contributed by atoms with van der Waals surface area (Å²) in [6.45, 7) is 4.33. The van der Waals surface area contributed by atoms with Crippen molar-refractivity contribution in [3.05, 3.63) is 57.7 Å². The van der Waals surface area contributed by atoms with Crippen LogP contribution in [0.15, 0.2) is 46.5 Å². The summed E-state index contributed by atoms with van der Waals surface area (Å²) in [4.78, 5) is 16.8. The third-order valence-corrected chi connectivity index (χ3v) is 6.44. The third-order valence-electron chi connectivity index (χ3n) is 3.97. The summed E-state index contributed by atoms with van der Waals surface area (Å²) in [7, 11) is 0. The van der Waals surface area contributed by atoms with E-state index in [0.29, 0.717) is 16.7 Å². The van der Waals surface area contributed by atoms with Crippen LogP contribution in [0.3, 0.4) is 0 Å². The first-order valence-corrected chi connectivity index (χ1v) is 11.0. The van der Waals surface area contributed by atoms with Crippen LogP contribution >= 0.6 is 34.0 Å². The zero-order chi connectivity index (χ0) is 18.8. The van der Waals surface area contributed by atoms with Crippen molar-refractivity contribution in [3.8, 4) is 21.1 Å². The molecule has 1 aromatic carbocycles. The lowest BCUT2D eigenvalue weighted by molar-refractivity contribution is 0.102. The number of carbonyl (C=O) groups is 1. The summed E-state index contributed by atoms with van der Waals surface area (Å²) in [5, 5.41) is 18.9. The van der Waals surface area contributed by atoms with Gasteiger partial charge in [-0.1, -0.05) is 49.4 Å². The van der Waals surface area contributed by atoms with E-state index in [1.165, 1.54) is 28.2 Å². The van der Waals surface area contributed by atoms with E-state index in [-0.39, 0.29) is 5.91 Å². The molecule has 0 aliphatic carbocycles. The third kappa shape index (κ3) is 3.97. The van der Waals surface area contributed by atoms with Crippen LogP contribution < -0.4 is 5.32 Å². The number of thiazole rings is 1. The number of nitrogens with zero attached hydrogens (tertiary/aromatic N) is 3. The molecule has 0 bridgehead atoms. The first-order valence-electron chi connectivity index (χ1n) is 8.33. The van der Waals surface area contributed by atoms with Gasteiger partial charge in [-0.05, 0) is 22.9 Å². The number of carbonyl (C=O) groups excluding carboxylic acids is 1. The van der Waals surface area contributed by atoms with E-state index in [2.05, 4.69) is 46.5 Å². The van der Waals surface area contributed by atoms with Crippen LogP contribution in [0.1, 0.15) is 35.8 Å². The lowest BCUT2D eigenvalue weighted by Gasteiger charge is -2.04. The fourth-order valence-electron chi connectivity index (χ4n) is 2.46. The molecule has 0 aliphatic rings. The Morgan fingerprint density at radius 3 is 2.52 bits per heavy atom. The Kier molecular flexibility index (Phi) is 5.11. The maximum atomic E-state index is 12.4. The Balaban J connectivity index is 1.47. The molecule has 0 saturated carbocycles. The van der Waals surface area contributed by atoms with E-state index >= 15 is 0 Å². The van der Waals surface area contributed by atoms with Gasteiger partial charge in [0.1, 0.15) is 15.7 Å². The van der Waals surface area contributed by atoms with E-state index in [4.69, 9.17) is 0 Å². The molecule has 136 valence electrons. The number of benzene rings is 1. The molecule has 0 saturated heterocycles. The number of anilines is 1. The maximum absolute atomic E-state index is 12.4. The zero-order valence-electron chi connectivity index (χ0n) is 14.7. The minimum atomic E-state index is -0.273. The fraction of sp³-hybridized carbons (Fsp3) is 0.158. The second-order valence-corrected chi connectivity index (χ2v) is 8.81. The Morgan fingerprint density at radius 1 is 1.00 bits per heavy atom. The van der Waals surface area contributed by atoms with Gasteiger partial charge in [-0.3, -0.25) is 10.1 Å². The number of aromatic nitrogens is 3. The van der Waals surface area contributed by atoms with E-state index < -0.39 is 0 Å². The topological polar surface area (TPSA) is 67.8 Å². The highest BCUT2D eigenvalue weighted by molar-refractivity contribution is 7.18. The highest BCUT2D eigenvalue weighted by atomic mass is 32.1. The van der Waals surface area contributed by atoms with Gasteiger partial charge >= 0.3 is 0 Å². The van der Waals surface area contributed by atoms with Crippen LogP contribution in [0.4, 0.5) is 5.13 Å². The van der Waals surface area contributed by atoms with Crippen LogP contribution in [0.2, 0.25) is 0 Å². The first-order chi connectivity index (χ1) is 13.1. The van der Waals surface area contributed by atoms with Gasteiger partial charge in [0.2, 0.25) is 5.13 Å². The van der Waals surface area contributed by atoms with E-state index in [1.807, 2.05) is 29.0 Å². The average molecular weight is 413 g/mol. The molecule has 0 spiro atoms. The van der Waals surface area contributed by atoms with Crippen molar-refractivity contribution in [3.63, 3.8) is 0 Å². The second kappa shape index (κ2) is 7.67. The molecule has 1 N–H and O–H groups in total. The number of rotatable bonds is 5. The van der Waals surface area contributed by atoms with Gasteiger partial charge in [-0.2, -0.15) is 11.3 Å². The predicted octanol–water partition coefficient (Wildman–Crippen LogP) is 5.77. The summed E-state index contributed by atoms with van der Waals surface area (Å²) in [6, 6.07) is 10.3. The van der Waals surface area contributed by atoms with Crippen molar-refractivity contribution >= 4 is 45.0 Å². The molecule has 3 heterocycles. The average Bonchev–Trinajstić information content (AvgIpc) is 3.42. The van der Waals surface area contributed by atoms with Gasteiger partial charge in [-0.15, -0.1) is 21.5 Å². The lowest BCUT2D eigenvalue weighted by Crippen LogP contribution is -2.12. The van der Waals surface area contributed by atoms with Crippen molar-refractivity contribution < 1.29 is 4.79 Å². The minimum Gasteiger partial charge on any atom is -0.295 e. The quantitative estimate of drug-likeness (QED) is 0.452. The molecule has 4 aromatic rings. The van der Waals surface area contributed by atoms with Gasteiger partial charge in [0.15, 0.2) is 0 Å². The Hall–Kier alpha value is -2.42. The fourth-order valence-corrected chi connectivity index (χ4v) is 4.72. The Morgan fingerprint density at radius 2 is 1.81 bits per heavy atom. The number of hydrogen-bond donors (Lipinski definition) is 1. The van der Waals surface area contributed by atoms with Gasteiger partial charge in [-0.25, -0.2) is 4.98 Å². The van der Waals surface area contributed by atoms with Crippen molar-refractivity contribution in [1.82, 2.24) is 15.2 Å². The van der Waals surface area contributed by atoms with Crippen LogP contribution in [0.25, 0.3) is 21.1 Å². The molecular formula is C19H16N4OS3. The largest absolute Gasteiger partial charge is 0.295 e. The van der Waals surface area contributed by atoms with Crippen molar-refractivity contribution in [2.24, 2.45) is 0 Å². The molecule has 1 amide bonds. The van der Waals surface area contributed by atoms with Crippen molar-refractivity contribution in [1.29, 1.82) is 0 Å². The predicted molar refractivity (Wildman–Crippen MR) is 113 cm³/mol. The van der Waals surface area contributed by atoms with E-state index in [9.17, 15) is 4.79 Å². The number of nitrogens with one attached hydrogen (secondary N) is 1. The van der Waals surface area contributed by atoms with E-state index in [0.717, 1.165) is 21.1 Å². The molecule has 0 unspecified atom stereocenters. The van der Waals surface area contributed by atoms with Crippen LogP contribution in [-0.2, 0) is 0 Å². The lowest BCUT2D eigenvalue weighted by atomic mass is 10.0. The Labute approximate surface area is 168 Å². The molecule has 0 atom stereocenters. The molecule has 0 fully saturated rings. The van der Waals surface area contributed by atoms with Gasteiger partial charge in [0.25, 0.3) is 5.91 Å². The molecule has 3 aromatic heterocycles. The SMILES string of the molecule is CC(C)c1ccc(-c2nnc(NC(=O)c3csc(-c4ccsc4)n3)s2)cc1. The molecule has 0 aliphatic heterocycles. The van der Waals surface area contributed by atoms with Crippen molar-refractivity contribution in [2.75, 3.05) is 5.32 Å². The van der Waals surface area contributed by atoms with E-state index in [1.54, 1.807) is 16.7 Å². The summed E-state index contributed by atoms with van der Waals surface area (Å²) >= 11 is 4.41. The molecule has 5 nitrogen and oxygen atoms in total. The standard InChI is InChI=1S/C19H16N4OS3/c1-11(2)12-3-5-13(6-4-12)18-22-23-19(27-18)21-16(24)15-10-26-17(20-15)14-7-8-25-9-14/h3-11H,1-2H3,(H,21,23,24). The Bertz CT molecular complexity index is 1050. The monoisotopic (exact) mass is 412 g/mol. The second-order valence-electron chi connectivity index (χ2n) is 6.19. The molecular weight excluding hydrogens is 396 g/mol. The number of amides is 1. The molecule has 0 radical (unpaired) electrons. The van der Waals surface area contributed by atoms with Crippen LogP contribution in [-0.4, -0.2) is 21.1 Å². The zero-order valence-corrected chi connectivity index (χ0v) is 17.1. The maximum Gasteiger partial charge on any atom is 0.276 e. The summed E-state index contributed by atoms with van der Waals surface area (Å²) in [5.41, 5.74) is 3.69. The number of hydrogen-bond acceptors (Lipinski definition) is 7. The summed E-state index contributed by atoms with van der Waals surface area (Å²) in [5.74, 6) is 0.214. The van der Waals surface area contributed by atoms with Crippen LogP contribution in [0.5, 0.6) is 0 Å². The molecule has 4 rings (SSSR count). The summed E-state index contributed by atoms with van der Waals surface area (Å²) in [6.07, 6.45) is 0. The highest BCUT2D eigenvalue weighted by Gasteiger charge is 2.15. The minimum absolute atomic E-state index is 0.273. The van der Waals surface area contributed by atoms with Gasteiger partial charge < -0.3 is 0 Å². The van der Waals surface area contributed by atoms with Crippen molar-refractivity contribution in [2.45, 2.75) is 19.8 Å². The first kappa shape index (κ1) is 18.0. The van der Waals surface area contributed by atoms with Gasteiger partial charge in [0, 0.05) is 21.9 Å². The van der Waals surface area contributed by atoms with Crippen LogP contribution in [0, 0.1) is 0 Å². The molecule has 27 heavy (non-hydrogen) atoms.